The van der Waals surface area contributed by atoms with E-state index in [4.69, 9.17) is 0 Å². The molecule has 0 saturated heterocycles. The molecule has 0 aliphatic rings. The largest absolute Gasteiger partial charge is 0.388 e. The van der Waals surface area contributed by atoms with Crippen molar-refractivity contribution in [2.24, 2.45) is 5.92 Å². The van der Waals surface area contributed by atoms with Gasteiger partial charge in [-0.3, -0.25) is 4.79 Å². The quantitative estimate of drug-likeness (QED) is 0.424. The van der Waals surface area contributed by atoms with E-state index in [-0.39, 0.29) is 11.7 Å². The van der Waals surface area contributed by atoms with Crippen LogP contribution in [0.15, 0.2) is 43.0 Å². The summed E-state index contributed by atoms with van der Waals surface area (Å²) in [6.45, 7) is 5.55. The third kappa shape index (κ3) is 7.04. The van der Waals surface area contributed by atoms with Crippen LogP contribution in [0.4, 0.5) is 0 Å². The van der Waals surface area contributed by atoms with Crippen LogP contribution in [0.2, 0.25) is 0 Å². The van der Waals surface area contributed by atoms with E-state index in [1.54, 1.807) is 0 Å². The highest BCUT2D eigenvalue weighted by molar-refractivity contribution is 5.81. The summed E-state index contributed by atoms with van der Waals surface area (Å²) in [5, 5.41) is 10.3. The Balaban J connectivity index is 2.18. The van der Waals surface area contributed by atoms with Gasteiger partial charge >= 0.3 is 0 Å². The molecule has 1 rings (SSSR count). The molecule has 0 aliphatic heterocycles. The smallest absolute Gasteiger partial charge is 0.138 e. The van der Waals surface area contributed by atoms with Gasteiger partial charge < -0.3 is 5.11 Å². The number of ketones is 1. The standard InChI is InChI=1S/C20H30O2/c1-3-4-5-6-7-8-9-13-16-19(21)17(2)20(22)18-14-11-10-12-15-18/h3,10-12,14-15,17,20,22H,1,4-9,13,16H2,2H3. The average Bonchev–Trinajstić information content (AvgIpc) is 2.56. The highest BCUT2D eigenvalue weighted by Gasteiger charge is 2.22. The lowest BCUT2D eigenvalue weighted by molar-refractivity contribution is -0.125. The van der Waals surface area contributed by atoms with Gasteiger partial charge in [0.1, 0.15) is 5.78 Å². The van der Waals surface area contributed by atoms with E-state index in [0.29, 0.717) is 6.42 Å². The molecule has 0 bridgehead atoms. The molecule has 1 N–H and O–H groups in total. The second-order valence-electron chi connectivity index (χ2n) is 6.06. The summed E-state index contributed by atoms with van der Waals surface area (Å²) in [7, 11) is 0. The van der Waals surface area contributed by atoms with Gasteiger partial charge in [-0.15, -0.1) is 6.58 Å². The first-order chi connectivity index (χ1) is 10.7. The van der Waals surface area contributed by atoms with Crippen molar-refractivity contribution in [2.45, 2.75) is 64.4 Å². The van der Waals surface area contributed by atoms with Crippen molar-refractivity contribution >= 4 is 5.78 Å². The molecule has 1 aromatic rings. The summed E-state index contributed by atoms with van der Waals surface area (Å²) in [6.07, 6.45) is 9.92. The first-order valence-corrected chi connectivity index (χ1v) is 8.53. The lowest BCUT2D eigenvalue weighted by Gasteiger charge is -2.18. The zero-order valence-corrected chi connectivity index (χ0v) is 13.8. The Morgan fingerprint density at radius 1 is 1.09 bits per heavy atom. The van der Waals surface area contributed by atoms with Crippen LogP contribution in [0.25, 0.3) is 0 Å². The number of hydrogen-bond acceptors (Lipinski definition) is 2. The number of carbonyl (C=O) groups is 1. The first-order valence-electron chi connectivity index (χ1n) is 8.53. The topological polar surface area (TPSA) is 37.3 Å². The van der Waals surface area contributed by atoms with Crippen LogP contribution in [-0.2, 0) is 4.79 Å². The zero-order chi connectivity index (χ0) is 16.2. The molecular formula is C20H30O2. The molecule has 0 spiro atoms. The Labute approximate surface area is 135 Å². The Morgan fingerprint density at radius 3 is 2.32 bits per heavy atom. The molecule has 0 saturated carbocycles. The summed E-state index contributed by atoms with van der Waals surface area (Å²) in [5.41, 5.74) is 0.825. The van der Waals surface area contributed by atoms with Gasteiger partial charge in [-0.2, -0.15) is 0 Å². The van der Waals surface area contributed by atoms with Gasteiger partial charge in [-0.05, 0) is 24.8 Å². The number of aliphatic hydroxyl groups excluding tert-OH is 1. The third-order valence-electron chi connectivity index (χ3n) is 4.20. The van der Waals surface area contributed by atoms with Crippen molar-refractivity contribution in [1.82, 2.24) is 0 Å². The molecular weight excluding hydrogens is 272 g/mol. The second-order valence-corrected chi connectivity index (χ2v) is 6.06. The summed E-state index contributed by atoms with van der Waals surface area (Å²) < 4.78 is 0. The Bertz CT molecular complexity index is 425. The maximum Gasteiger partial charge on any atom is 0.138 e. The zero-order valence-electron chi connectivity index (χ0n) is 13.8. The summed E-state index contributed by atoms with van der Waals surface area (Å²) >= 11 is 0. The molecule has 2 unspecified atom stereocenters. The number of aliphatic hydroxyl groups is 1. The van der Waals surface area contributed by atoms with Gasteiger partial charge in [-0.1, -0.05) is 69.0 Å². The number of hydrogen-bond donors (Lipinski definition) is 1. The molecule has 2 atom stereocenters. The maximum absolute atomic E-state index is 12.2. The lowest BCUT2D eigenvalue weighted by atomic mass is 9.91. The molecule has 0 aliphatic carbocycles. The lowest BCUT2D eigenvalue weighted by Crippen LogP contribution is -2.19. The van der Waals surface area contributed by atoms with Gasteiger partial charge in [0.2, 0.25) is 0 Å². The van der Waals surface area contributed by atoms with Crippen LogP contribution in [0.3, 0.4) is 0 Å². The Hall–Kier alpha value is -1.41. The van der Waals surface area contributed by atoms with E-state index in [0.717, 1.165) is 24.8 Å². The monoisotopic (exact) mass is 302 g/mol. The van der Waals surface area contributed by atoms with E-state index < -0.39 is 6.10 Å². The van der Waals surface area contributed by atoms with Gasteiger partial charge in [0, 0.05) is 12.3 Å². The molecule has 1 aromatic carbocycles. The fraction of sp³-hybridized carbons (Fsp3) is 0.550. The minimum absolute atomic E-state index is 0.169. The number of carbonyl (C=O) groups excluding carboxylic acids is 1. The van der Waals surface area contributed by atoms with Gasteiger partial charge in [0.05, 0.1) is 6.10 Å². The van der Waals surface area contributed by atoms with Crippen molar-refractivity contribution in [3.63, 3.8) is 0 Å². The summed E-state index contributed by atoms with van der Waals surface area (Å²) in [6, 6.07) is 9.44. The summed E-state index contributed by atoms with van der Waals surface area (Å²) in [4.78, 5) is 12.2. The minimum atomic E-state index is -0.687. The predicted molar refractivity (Wildman–Crippen MR) is 92.7 cm³/mol. The van der Waals surface area contributed by atoms with Gasteiger partial charge in [0.15, 0.2) is 0 Å². The molecule has 0 amide bonds. The van der Waals surface area contributed by atoms with Crippen molar-refractivity contribution in [3.05, 3.63) is 48.6 Å². The molecule has 22 heavy (non-hydrogen) atoms. The third-order valence-corrected chi connectivity index (χ3v) is 4.20. The molecule has 2 nitrogen and oxygen atoms in total. The van der Waals surface area contributed by atoms with Crippen LogP contribution in [0.5, 0.6) is 0 Å². The van der Waals surface area contributed by atoms with Crippen LogP contribution in [0.1, 0.15) is 70.0 Å². The second kappa shape index (κ2) is 11.2. The van der Waals surface area contributed by atoms with Gasteiger partial charge in [0.25, 0.3) is 0 Å². The Morgan fingerprint density at radius 2 is 1.68 bits per heavy atom. The van der Waals surface area contributed by atoms with Crippen LogP contribution in [-0.4, -0.2) is 10.9 Å². The van der Waals surface area contributed by atoms with E-state index >= 15 is 0 Å². The van der Waals surface area contributed by atoms with Crippen LogP contribution in [0, 0.1) is 5.92 Å². The number of allylic oxidation sites excluding steroid dienone is 1. The van der Waals surface area contributed by atoms with E-state index in [9.17, 15) is 9.90 Å². The molecule has 0 heterocycles. The molecule has 0 aromatic heterocycles. The SMILES string of the molecule is C=CCCCCCCCCC(=O)C(C)C(O)c1ccccc1. The molecule has 2 heteroatoms. The molecule has 122 valence electrons. The van der Waals surface area contributed by atoms with Crippen molar-refractivity contribution in [3.8, 4) is 0 Å². The molecule has 0 radical (unpaired) electrons. The highest BCUT2D eigenvalue weighted by Crippen LogP contribution is 2.24. The maximum atomic E-state index is 12.2. The number of Topliss-reactive ketones (excluding diaryl/α,β-unsaturated/α-hetero) is 1. The summed E-state index contributed by atoms with van der Waals surface area (Å²) in [5.74, 6) is -0.155. The van der Waals surface area contributed by atoms with Crippen LogP contribution >= 0.6 is 0 Å². The average molecular weight is 302 g/mol. The highest BCUT2D eigenvalue weighted by atomic mass is 16.3. The number of rotatable bonds is 12. The first kappa shape index (κ1) is 18.6. The fourth-order valence-corrected chi connectivity index (χ4v) is 2.64. The normalized spacial score (nSPS) is 13.5. The number of unbranched alkanes of at least 4 members (excludes halogenated alkanes) is 6. The van der Waals surface area contributed by atoms with E-state index in [2.05, 4.69) is 6.58 Å². The van der Waals surface area contributed by atoms with Crippen molar-refractivity contribution in [2.75, 3.05) is 0 Å². The van der Waals surface area contributed by atoms with Crippen molar-refractivity contribution < 1.29 is 9.90 Å². The number of benzene rings is 1. The predicted octanol–water partition coefficient (Wildman–Crippen LogP) is 5.23. The van der Waals surface area contributed by atoms with Gasteiger partial charge in [-0.25, -0.2) is 0 Å². The van der Waals surface area contributed by atoms with E-state index in [1.807, 2.05) is 43.3 Å². The minimum Gasteiger partial charge on any atom is -0.388 e. The Kier molecular flexibility index (Phi) is 9.49. The fourth-order valence-electron chi connectivity index (χ4n) is 2.64. The van der Waals surface area contributed by atoms with Crippen molar-refractivity contribution in [1.29, 1.82) is 0 Å². The van der Waals surface area contributed by atoms with Crippen LogP contribution < -0.4 is 0 Å². The van der Waals surface area contributed by atoms with E-state index in [1.165, 1.54) is 25.7 Å². The molecule has 0 fully saturated rings.